The van der Waals surface area contributed by atoms with E-state index in [-0.39, 0.29) is 23.4 Å². The Kier molecular flexibility index (Phi) is 5.58. The van der Waals surface area contributed by atoms with Crippen LogP contribution in [0.5, 0.6) is 0 Å². The van der Waals surface area contributed by atoms with Crippen molar-refractivity contribution >= 4 is 17.3 Å². The van der Waals surface area contributed by atoms with Gasteiger partial charge in [0.05, 0.1) is 11.0 Å². The van der Waals surface area contributed by atoms with Crippen molar-refractivity contribution in [3.05, 3.63) is 88.2 Å². The third-order valence-corrected chi connectivity index (χ3v) is 3.88. The molecule has 1 heterocycles. The van der Waals surface area contributed by atoms with E-state index in [4.69, 9.17) is 0 Å². The molecule has 8 heteroatoms. The van der Waals surface area contributed by atoms with Crippen LogP contribution in [0, 0.1) is 10.1 Å². The van der Waals surface area contributed by atoms with Crippen LogP contribution in [-0.4, -0.2) is 34.0 Å². The molecule has 138 valence electrons. The van der Waals surface area contributed by atoms with E-state index in [2.05, 4.69) is 20.7 Å². The summed E-state index contributed by atoms with van der Waals surface area (Å²) in [5, 5.41) is 16.5. The third-order valence-electron chi connectivity index (χ3n) is 3.88. The van der Waals surface area contributed by atoms with Gasteiger partial charge in [-0.05, 0) is 11.1 Å². The SMILES string of the molecule is CN(C)Nc1ncnc(NC(c2ccccc2)c2ccccc2)c1[N+](=O)[O-]. The molecule has 27 heavy (non-hydrogen) atoms. The zero-order valence-electron chi connectivity index (χ0n) is 15.0. The van der Waals surface area contributed by atoms with Crippen LogP contribution in [-0.2, 0) is 0 Å². The van der Waals surface area contributed by atoms with Crippen molar-refractivity contribution in [1.82, 2.24) is 15.0 Å². The Bertz CT molecular complexity index is 863. The number of rotatable bonds is 7. The quantitative estimate of drug-likeness (QED) is 0.489. The van der Waals surface area contributed by atoms with Crippen LogP contribution >= 0.6 is 0 Å². The van der Waals surface area contributed by atoms with Gasteiger partial charge in [-0.3, -0.25) is 15.5 Å². The lowest BCUT2D eigenvalue weighted by molar-refractivity contribution is -0.383. The molecular weight excluding hydrogens is 344 g/mol. The Hall–Kier alpha value is -3.52. The summed E-state index contributed by atoms with van der Waals surface area (Å²) < 4.78 is 0. The number of nitro groups is 1. The third kappa shape index (κ3) is 4.36. The van der Waals surface area contributed by atoms with Crippen LogP contribution in [0.2, 0.25) is 0 Å². The fourth-order valence-electron chi connectivity index (χ4n) is 2.74. The molecule has 1 aromatic heterocycles. The lowest BCUT2D eigenvalue weighted by Crippen LogP contribution is -2.22. The van der Waals surface area contributed by atoms with Gasteiger partial charge in [-0.25, -0.2) is 15.0 Å². The second kappa shape index (κ2) is 8.24. The van der Waals surface area contributed by atoms with Gasteiger partial charge in [0.25, 0.3) is 0 Å². The topological polar surface area (TPSA) is 96.2 Å². The second-order valence-corrected chi connectivity index (χ2v) is 6.08. The van der Waals surface area contributed by atoms with E-state index in [9.17, 15) is 10.1 Å². The predicted octanol–water partition coefficient (Wildman–Crippen LogP) is 3.47. The number of anilines is 2. The molecule has 3 rings (SSSR count). The highest BCUT2D eigenvalue weighted by molar-refractivity contribution is 5.69. The van der Waals surface area contributed by atoms with E-state index < -0.39 is 4.92 Å². The second-order valence-electron chi connectivity index (χ2n) is 6.08. The average molecular weight is 364 g/mol. The summed E-state index contributed by atoms with van der Waals surface area (Å²) in [7, 11) is 3.46. The van der Waals surface area contributed by atoms with Gasteiger partial charge in [0, 0.05) is 14.1 Å². The summed E-state index contributed by atoms with van der Waals surface area (Å²) in [4.78, 5) is 19.4. The van der Waals surface area contributed by atoms with Crippen molar-refractivity contribution in [2.45, 2.75) is 6.04 Å². The molecule has 2 N–H and O–H groups in total. The Morgan fingerprint density at radius 2 is 1.44 bits per heavy atom. The first-order chi connectivity index (χ1) is 13.1. The van der Waals surface area contributed by atoms with Crippen LogP contribution in [0.1, 0.15) is 17.2 Å². The van der Waals surface area contributed by atoms with Gasteiger partial charge in [-0.1, -0.05) is 60.7 Å². The first kappa shape index (κ1) is 18.3. The molecule has 0 bridgehead atoms. The molecule has 0 saturated carbocycles. The molecular formula is C19H20N6O2. The Balaban J connectivity index is 2.05. The summed E-state index contributed by atoms with van der Waals surface area (Å²) in [6.45, 7) is 0. The van der Waals surface area contributed by atoms with Crippen LogP contribution in [0.25, 0.3) is 0 Å². The van der Waals surface area contributed by atoms with E-state index in [0.29, 0.717) is 0 Å². The molecule has 0 spiro atoms. The Morgan fingerprint density at radius 1 is 0.926 bits per heavy atom. The predicted molar refractivity (Wildman–Crippen MR) is 104 cm³/mol. The molecule has 0 radical (unpaired) electrons. The molecule has 0 fully saturated rings. The van der Waals surface area contributed by atoms with Crippen molar-refractivity contribution in [1.29, 1.82) is 0 Å². The number of nitrogens with one attached hydrogen (secondary N) is 2. The van der Waals surface area contributed by atoms with Crippen molar-refractivity contribution in [3.63, 3.8) is 0 Å². The lowest BCUT2D eigenvalue weighted by atomic mass is 9.99. The minimum atomic E-state index is -0.485. The van der Waals surface area contributed by atoms with Gasteiger partial charge in [0.1, 0.15) is 6.33 Å². The summed E-state index contributed by atoms with van der Waals surface area (Å²) >= 11 is 0. The average Bonchev–Trinajstić information content (AvgIpc) is 2.67. The molecule has 0 aliphatic carbocycles. The van der Waals surface area contributed by atoms with Gasteiger partial charge in [0.2, 0.25) is 11.6 Å². The molecule has 0 amide bonds. The van der Waals surface area contributed by atoms with Crippen molar-refractivity contribution in [2.24, 2.45) is 0 Å². The first-order valence-electron chi connectivity index (χ1n) is 8.36. The maximum atomic E-state index is 11.7. The molecule has 2 aromatic carbocycles. The largest absolute Gasteiger partial charge is 0.354 e. The molecule has 3 aromatic rings. The molecule has 8 nitrogen and oxygen atoms in total. The highest BCUT2D eigenvalue weighted by Crippen LogP contribution is 2.33. The minimum Gasteiger partial charge on any atom is -0.353 e. The van der Waals surface area contributed by atoms with Crippen LogP contribution in [0.15, 0.2) is 67.0 Å². The van der Waals surface area contributed by atoms with Gasteiger partial charge in [-0.2, -0.15) is 0 Å². The van der Waals surface area contributed by atoms with Crippen LogP contribution in [0.4, 0.5) is 17.3 Å². The summed E-state index contributed by atoms with van der Waals surface area (Å²) in [6.07, 6.45) is 1.30. The van der Waals surface area contributed by atoms with E-state index in [0.717, 1.165) is 11.1 Å². The maximum Gasteiger partial charge on any atom is 0.354 e. The fourth-order valence-corrected chi connectivity index (χ4v) is 2.74. The summed E-state index contributed by atoms with van der Waals surface area (Å²) in [6, 6.07) is 19.2. The number of hydrazine groups is 1. The molecule has 0 atom stereocenters. The monoisotopic (exact) mass is 364 g/mol. The minimum absolute atomic E-state index is 0.127. The van der Waals surface area contributed by atoms with Crippen LogP contribution in [0.3, 0.4) is 0 Å². The number of nitrogens with zero attached hydrogens (tertiary/aromatic N) is 4. The molecule has 0 aliphatic heterocycles. The number of hydrogen-bond acceptors (Lipinski definition) is 7. The highest BCUT2D eigenvalue weighted by atomic mass is 16.6. The van der Waals surface area contributed by atoms with Crippen molar-refractivity contribution in [3.8, 4) is 0 Å². The van der Waals surface area contributed by atoms with Crippen LogP contribution < -0.4 is 10.7 Å². The molecule has 0 saturated heterocycles. The Morgan fingerprint density at radius 3 is 1.93 bits per heavy atom. The maximum absolute atomic E-state index is 11.7. The molecule has 0 unspecified atom stereocenters. The highest BCUT2D eigenvalue weighted by Gasteiger charge is 2.26. The zero-order chi connectivity index (χ0) is 19.2. The van der Waals surface area contributed by atoms with Gasteiger partial charge in [-0.15, -0.1) is 0 Å². The van der Waals surface area contributed by atoms with E-state index in [1.54, 1.807) is 19.1 Å². The van der Waals surface area contributed by atoms with Gasteiger partial charge < -0.3 is 5.32 Å². The van der Waals surface area contributed by atoms with E-state index in [1.807, 2.05) is 60.7 Å². The van der Waals surface area contributed by atoms with Gasteiger partial charge >= 0.3 is 5.69 Å². The standard InChI is InChI=1S/C19H20N6O2/c1-24(2)23-19-17(25(26)27)18(20-13-21-19)22-16(14-9-5-3-6-10-14)15-11-7-4-8-12-15/h3-13,16H,1-2H3,(H2,20,21,22,23). The fraction of sp³-hybridized carbons (Fsp3) is 0.158. The number of aromatic nitrogens is 2. The smallest absolute Gasteiger partial charge is 0.353 e. The Labute approximate surface area is 157 Å². The normalized spacial score (nSPS) is 10.8. The summed E-state index contributed by atoms with van der Waals surface area (Å²) in [5.74, 6) is 0.277. The van der Waals surface area contributed by atoms with Gasteiger partial charge in [0.15, 0.2) is 0 Å². The zero-order valence-corrected chi connectivity index (χ0v) is 15.0. The summed E-state index contributed by atoms with van der Waals surface area (Å²) in [5.41, 5.74) is 4.59. The van der Waals surface area contributed by atoms with E-state index in [1.165, 1.54) is 6.33 Å². The number of hydrogen-bond donors (Lipinski definition) is 2. The van der Waals surface area contributed by atoms with Crippen molar-refractivity contribution < 1.29 is 4.92 Å². The molecule has 0 aliphatic rings. The lowest BCUT2D eigenvalue weighted by Gasteiger charge is -2.21. The number of benzene rings is 2. The first-order valence-corrected chi connectivity index (χ1v) is 8.36. The van der Waals surface area contributed by atoms with E-state index >= 15 is 0 Å². The van der Waals surface area contributed by atoms with Crippen molar-refractivity contribution in [2.75, 3.05) is 24.8 Å².